The molecule has 1 saturated heterocycles. The first-order chi connectivity index (χ1) is 9.83. The monoisotopic (exact) mass is 266 g/mol. The summed E-state index contributed by atoms with van der Waals surface area (Å²) in [6.45, 7) is 3.44. The van der Waals surface area contributed by atoms with Crippen LogP contribution in [-0.2, 0) is 6.42 Å². The fraction of sp³-hybridized carbons (Fsp3) is 0.368. The van der Waals surface area contributed by atoms with E-state index in [9.17, 15) is 0 Å². The standard InChI is InChI=1S/C19H23N/c1-16-10-12-17(13-11-16)15-19-9-5-6-14-20(19)18-7-3-2-4-8-18/h2-4,7-8,10-13,19H,5-6,9,14-15H2,1H3/p+1. The highest BCUT2D eigenvalue weighted by molar-refractivity contribution is 5.28. The molecule has 0 aliphatic carbocycles. The van der Waals surface area contributed by atoms with Gasteiger partial charge in [-0.25, -0.2) is 0 Å². The van der Waals surface area contributed by atoms with Gasteiger partial charge in [-0.05, 0) is 37.5 Å². The van der Waals surface area contributed by atoms with E-state index in [0.29, 0.717) is 0 Å². The van der Waals surface area contributed by atoms with Gasteiger partial charge in [-0.3, -0.25) is 4.90 Å². The maximum atomic E-state index is 2.30. The predicted molar refractivity (Wildman–Crippen MR) is 84.5 cm³/mol. The molecule has 1 fully saturated rings. The second-order valence-electron chi connectivity index (χ2n) is 6.02. The van der Waals surface area contributed by atoms with Gasteiger partial charge in [0.2, 0.25) is 0 Å². The summed E-state index contributed by atoms with van der Waals surface area (Å²) in [5.74, 6) is 0. The third-order valence-electron chi connectivity index (χ3n) is 4.49. The molecular formula is C19H24N+. The molecule has 0 radical (unpaired) electrons. The average Bonchev–Trinajstić information content (AvgIpc) is 2.51. The Bertz CT molecular complexity index is 529. The number of quaternary nitrogens is 1. The molecule has 2 aromatic rings. The topological polar surface area (TPSA) is 4.44 Å². The van der Waals surface area contributed by atoms with Crippen LogP contribution in [0.15, 0.2) is 54.6 Å². The smallest absolute Gasteiger partial charge is 0.131 e. The molecule has 1 N–H and O–H groups in total. The number of rotatable bonds is 3. The van der Waals surface area contributed by atoms with Gasteiger partial charge < -0.3 is 0 Å². The average molecular weight is 266 g/mol. The fourth-order valence-corrected chi connectivity index (χ4v) is 3.35. The van der Waals surface area contributed by atoms with E-state index in [2.05, 4.69) is 61.5 Å². The van der Waals surface area contributed by atoms with Crippen LogP contribution >= 0.6 is 0 Å². The molecule has 2 aromatic carbocycles. The van der Waals surface area contributed by atoms with E-state index in [1.807, 2.05) is 0 Å². The first kappa shape index (κ1) is 13.4. The van der Waals surface area contributed by atoms with Crippen LogP contribution in [0.1, 0.15) is 30.4 Å². The highest BCUT2D eigenvalue weighted by atomic mass is 15.2. The van der Waals surface area contributed by atoms with Crippen LogP contribution in [-0.4, -0.2) is 12.6 Å². The fourth-order valence-electron chi connectivity index (χ4n) is 3.35. The molecule has 20 heavy (non-hydrogen) atoms. The second kappa shape index (κ2) is 6.23. The zero-order valence-electron chi connectivity index (χ0n) is 12.3. The maximum absolute atomic E-state index is 2.30. The van der Waals surface area contributed by atoms with Crippen LogP contribution in [0.3, 0.4) is 0 Å². The van der Waals surface area contributed by atoms with Crippen molar-refractivity contribution in [3.63, 3.8) is 0 Å². The molecule has 1 aliphatic heterocycles. The minimum Gasteiger partial charge on any atom is -0.300 e. The summed E-state index contributed by atoms with van der Waals surface area (Å²) < 4.78 is 0. The third-order valence-corrected chi connectivity index (χ3v) is 4.49. The molecule has 0 bridgehead atoms. The summed E-state index contributed by atoms with van der Waals surface area (Å²) in [5.41, 5.74) is 4.30. The molecule has 104 valence electrons. The molecule has 0 spiro atoms. The molecule has 1 nitrogen and oxygen atoms in total. The number of hydrogen-bond donors (Lipinski definition) is 1. The number of hydrogen-bond acceptors (Lipinski definition) is 0. The van der Waals surface area contributed by atoms with Crippen molar-refractivity contribution in [2.24, 2.45) is 0 Å². The molecule has 2 atom stereocenters. The Hall–Kier alpha value is -1.60. The van der Waals surface area contributed by atoms with E-state index in [-0.39, 0.29) is 0 Å². The number of nitrogens with one attached hydrogen (secondary N) is 1. The van der Waals surface area contributed by atoms with Crippen molar-refractivity contribution in [1.82, 2.24) is 0 Å². The van der Waals surface area contributed by atoms with E-state index in [1.165, 1.54) is 49.0 Å². The van der Waals surface area contributed by atoms with E-state index < -0.39 is 0 Å². The van der Waals surface area contributed by atoms with Crippen LogP contribution in [0.5, 0.6) is 0 Å². The molecule has 1 aliphatic rings. The Morgan fingerprint density at radius 3 is 2.45 bits per heavy atom. The zero-order valence-corrected chi connectivity index (χ0v) is 12.3. The van der Waals surface area contributed by atoms with Crippen LogP contribution in [0.4, 0.5) is 5.69 Å². The summed E-state index contributed by atoms with van der Waals surface area (Å²) in [6.07, 6.45) is 5.28. The summed E-state index contributed by atoms with van der Waals surface area (Å²) in [5, 5.41) is 0. The van der Waals surface area contributed by atoms with Crippen LogP contribution < -0.4 is 4.90 Å². The second-order valence-corrected chi connectivity index (χ2v) is 6.02. The van der Waals surface area contributed by atoms with Gasteiger partial charge in [0.1, 0.15) is 5.69 Å². The van der Waals surface area contributed by atoms with Crippen LogP contribution in [0.25, 0.3) is 0 Å². The van der Waals surface area contributed by atoms with Gasteiger partial charge >= 0.3 is 0 Å². The lowest BCUT2D eigenvalue weighted by Gasteiger charge is -2.32. The van der Waals surface area contributed by atoms with Gasteiger partial charge in [0.05, 0.1) is 12.6 Å². The van der Waals surface area contributed by atoms with Crippen molar-refractivity contribution in [3.05, 3.63) is 65.7 Å². The Labute approximate surface area is 122 Å². The van der Waals surface area contributed by atoms with Crippen LogP contribution in [0, 0.1) is 6.92 Å². The predicted octanol–water partition coefficient (Wildman–Crippen LogP) is 3.31. The van der Waals surface area contributed by atoms with E-state index >= 15 is 0 Å². The van der Waals surface area contributed by atoms with Crippen molar-refractivity contribution >= 4 is 5.69 Å². The zero-order chi connectivity index (χ0) is 13.8. The normalized spacial score (nSPS) is 22.6. The number of para-hydroxylation sites is 1. The lowest BCUT2D eigenvalue weighted by molar-refractivity contribution is -0.866. The Balaban J connectivity index is 1.77. The van der Waals surface area contributed by atoms with Crippen molar-refractivity contribution in [3.8, 4) is 0 Å². The molecule has 1 heterocycles. The van der Waals surface area contributed by atoms with Gasteiger partial charge in [0.15, 0.2) is 0 Å². The summed E-state index contributed by atoms with van der Waals surface area (Å²) in [4.78, 5) is 1.68. The number of piperidine rings is 1. The lowest BCUT2D eigenvalue weighted by Crippen LogP contribution is -3.12. The largest absolute Gasteiger partial charge is 0.300 e. The first-order valence-electron chi connectivity index (χ1n) is 7.79. The minimum absolute atomic E-state index is 0.730. The molecular weight excluding hydrogens is 242 g/mol. The van der Waals surface area contributed by atoms with Gasteiger partial charge in [-0.2, -0.15) is 0 Å². The molecule has 1 heteroatoms. The minimum atomic E-state index is 0.730. The van der Waals surface area contributed by atoms with Gasteiger partial charge in [0, 0.05) is 12.8 Å². The Morgan fingerprint density at radius 2 is 1.70 bits per heavy atom. The summed E-state index contributed by atoms with van der Waals surface area (Å²) >= 11 is 0. The van der Waals surface area contributed by atoms with Crippen molar-refractivity contribution < 1.29 is 4.90 Å². The highest BCUT2D eigenvalue weighted by Crippen LogP contribution is 2.14. The number of benzene rings is 2. The third kappa shape index (κ3) is 3.10. The molecule has 0 amide bonds. The molecule has 3 rings (SSSR count). The molecule has 0 saturated carbocycles. The van der Waals surface area contributed by atoms with Gasteiger partial charge in [-0.15, -0.1) is 0 Å². The van der Waals surface area contributed by atoms with Crippen LogP contribution in [0.2, 0.25) is 0 Å². The SMILES string of the molecule is Cc1ccc(CC2CCCC[NH+]2c2ccccc2)cc1. The summed E-state index contributed by atoms with van der Waals surface area (Å²) in [6, 6.07) is 20.8. The highest BCUT2D eigenvalue weighted by Gasteiger charge is 2.27. The molecule has 2 unspecified atom stereocenters. The first-order valence-corrected chi connectivity index (χ1v) is 7.79. The van der Waals surface area contributed by atoms with E-state index in [4.69, 9.17) is 0 Å². The molecule has 0 aromatic heterocycles. The maximum Gasteiger partial charge on any atom is 0.131 e. The number of aryl methyl sites for hydroxylation is 1. The Morgan fingerprint density at radius 1 is 0.950 bits per heavy atom. The van der Waals surface area contributed by atoms with E-state index in [0.717, 1.165) is 6.04 Å². The van der Waals surface area contributed by atoms with E-state index in [1.54, 1.807) is 4.90 Å². The van der Waals surface area contributed by atoms with Crippen molar-refractivity contribution in [2.45, 2.75) is 38.6 Å². The quantitative estimate of drug-likeness (QED) is 0.869. The Kier molecular flexibility index (Phi) is 4.17. The van der Waals surface area contributed by atoms with Crippen molar-refractivity contribution in [2.75, 3.05) is 6.54 Å². The van der Waals surface area contributed by atoms with Crippen molar-refractivity contribution in [1.29, 1.82) is 0 Å². The lowest BCUT2D eigenvalue weighted by atomic mass is 9.94. The van der Waals surface area contributed by atoms with Gasteiger partial charge in [0.25, 0.3) is 0 Å². The van der Waals surface area contributed by atoms with Gasteiger partial charge in [-0.1, -0.05) is 48.0 Å². The summed E-state index contributed by atoms with van der Waals surface area (Å²) in [7, 11) is 0.